The number of benzene rings is 1. The number of nitrogens with zero attached hydrogens (tertiary/aromatic N) is 3. The van der Waals surface area contributed by atoms with Crippen LogP contribution in [0.25, 0.3) is 22.0 Å². The third-order valence-corrected chi connectivity index (χ3v) is 5.87. The third-order valence-electron chi connectivity index (χ3n) is 5.58. The van der Waals surface area contributed by atoms with Crippen LogP contribution in [-0.4, -0.2) is 27.2 Å². The molecule has 2 aliphatic rings. The predicted octanol–water partition coefficient (Wildman–Crippen LogP) is 4.06. The lowest BCUT2D eigenvalue weighted by Crippen LogP contribution is -2.25. The minimum atomic E-state index is -0.294. The summed E-state index contributed by atoms with van der Waals surface area (Å²) in [4.78, 5) is 23.4. The van der Waals surface area contributed by atoms with Crippen molar-refractivity contribution in [3.63, 3.8) is 0 Å². The van der Waals surface area contributed by atoms with Gasteiger partial charge in [-0.25, -0.2) is 4.98 Å². The van der Waals surface area contributed by atoms with Gasteiger partial charge in [0, 0.05) is 46.0 Å². The maximum absolute atomic E-state index is 11.8. The molecular formula is C21H19ClN4O. The Balaban J connectivity index is 1.74. The second-order valence-corrected chi connectivity index (χ2v) is 7.72. The first-order valence-electron chi connectivity index (χ1n) is 9.14. The minimum Gasteiger partial charge on any atom is -0.398 e. The normalized spacial score (nSPS) is 19.4. The molecule has 1 aliphatic heterocycles. The fourth-order valence-corrected chi connectivity index (χ4v) is 4.41. The monoisotopic (exact) mass is 378 g/mol. The molecule has 1 atom stereocenters. The Hall–Kier alpha value is -2.50. The molecule has 3 aromatic rings. The molecule has 0 spiro atoms. The number of hydrogen-bond donors (Lipinski definition) is 1. The highest BCUT2D eigenvalue weighted by molar-refractivity contribution is 6.32. The van der Waals surface area contributed by atoms with Crippen LogP contribution in [0.3, 0.4) is 0 Å². The molecule has 1 unspecified atom stereocenters. The molecule has 0 saturated heterocycles. The summed E-state index contributed by atoms with van der Waals surface area (Å²) in [7, 11) is 0. The van der Waals surface area contributed by atoms with E-state index in [-0.39, 0.29) is 6.04 Å². The van der Waals surface area contributed by atoms with Gasteiger partial charge in [0.2, 0.25) is 0 Å². The van der Waals surface area contributed by atoms with Crippen molar-refractivity contribution < 1.29 is 4.79 Å². The lowest BCUT2D eigenvalue weighted by molar-refractivity contribution is -0.112. The summed E-state index contributed by atoms with van der Waals surface area (Å²) in [5.41, 5.74) is 12.4. The van der Waals surface area contributed by atoms with Crippen molar-refractivity contribution in [1.29, 1.82) is 0 Å². The second kappa shape index (κ2) is 6.01. The van der Waals surface area contributed by atoms with Crippen LogP contribution in [0.1, 0.15) is 35.8 Å². The Kier molecular flexibility index (Phi) is 3.71. The van der Waals surface area contributed by atoms with Crippen LogP contribution < -0.4 is 5.73 Å². The van der Waals surface area contributed by atoms with Gasteiger partial charge in [-0.05, 0) is 31.9 Å². The van der Waals surface area contributed by atoms with E-state index in [0.717, 1.165) is 58.1 Å². The van der Waals surface area contributed by atoms with E-state index in [0.29, 0.717) is 23.4 Å². The number of nitrogens with two attached hydrogens (primary N) is 1. The quantitative estimate of drug-likeness (QED) is 0.549. The summed E-state index contributed by atoms with van der Waals surface area (Å²) in [6, 6.07) is 9.97. The van der Waals surface area contributed by atoms with Gasteiger partial charge in [-0.2, -0.15) is 0 Å². The van der Waals surface area contributed by atoms with Crippen LogP contribution in [0.5, 0.6) is 0 Å². The zero-order valence-corrected chi connectivity index (χ0v) is 15.7. The summed E-state index contributed by atoms with van der Waals surface area (Å²) < 4.78 is 0. The molecule has 2 N–H and O–H groups in total. The van der Waals surface area contributed by atoms with E-state index in [2.05, 4.69) is 9.88 Å². The summed E-state index contributed by atoms with van der Waals surface area (Å²) in [6.45, 7) is 2.58. The molecule has 27 heavy (non-hydrogen) atoms. The first-order chi connectivity index (χ1) is 13.1. The Bertz CT molecular complexity index is 1090. The Labute approximate surface area is 162 Å². The van der Waals surface area contributed by atoms with Crippen molar-refractivity contribution in [2.45, 2.75) is 38.4 Å². The molecule has 6 heteroatoms. The molecule has 0 amide bonds. The van der Waals surface area contributed by atoms with Gasteiger partial charge >= 0.3 is 0 Å². The van der Waals surface area contributed by atoms with Gasteiger partial charge in [-0.15, -0.1) is 0 Å². The van der Waals surface area contributed by atoms with Crippen LogP contribution in [0.15, 0.2) is 30.3 Å². The first-order valence-corrected chi connectivity index (χ1v) is 9.52. The van der Waals surface area contributed by atoms with E-state index in [1.807, 2.05) is 37.3 Å². The van der Waals surface area contributed by atoms with E-state index in [1.54, 1.807) is 0 Å². The molecular weight excluding hydrogens is 360 g/mol. The second-order valence-electron chi connectivity index (χ2n) is 7.36. The molecule has 0 bridgehead atoms. The topological polar surface area (TPSA) is 72.1 Å². The number of anilines is 1. The number of aryl methyl sites for hydroxylation is 1. The average Bonchev–Trinajstić information content (AvgIpc) is 3.43. The Morgan fingerprint density at radius 1 is 1.19 bits per heavy atom. The number of rotatable bonds is 3. The van der Waals surface area contributed by atoms with Crippen LogP contribution >= 0.6 is 11.6 Å². The van der Waals surface area contributed by atoms with Gasteiger partial charge in [0.25, 0.3) is 0 Å². The number of nitrogen functional groups attached to an aromatic ring is 1. The van der Waals surface area contributed by atoms with E-state index >= 15 is 0 Å². The van der Waals surface area contributed by atoms with Crippen molar-refractivity contribution in [2.24, 2.45) is 0 Å². The number of carbonyl (C=O) groups is 1. The molecule has 136 valence electrons. The Morgan fingerprint density at radius 3 is 2.70 bits per heavy atom. The van der Waals surface area contributed by atoms with E-state index in [1.165, 1.54) is 0 Å². The maximum Gasteiger partial charge on any atom is 0.141 e. The van der Waals surface area contributed by atoms with Gasteiger partial charge in [0.1, 0.15) is 11.4 Å². The molecule has 1 aromatic carbocycles. The van der Waals surface area contributed by atoms with Crippen molar-refractivity contribution in [2.75, 3.05) is 5.73 Å². The zero-order chi connectivity index (χ0) is 18.7. The number of hydrogen-bond acceptors (Lipinski definition) is 5. The molecule has 0 radical (unpaired) electrons. The fraction of sp³-hybridized carbons (Fsp3) is 0.286. The van der Waals surface area contributed by atoms with E-state index in [4.69, 9.17) is 22.3 Å². The fourth-order valence-electron chi connectivity index (χ4n) is 4.12. The highest BCUT2D eigenvalue weighted by Crippen LogP contribution is 2.45. The van der Waals surface area contributed by atoms with Crippen LogP contribution in [0, 0.1) is 6.92 Å². The number of carbonyl (C=O) groups excluding carboxylic acids is 1. The number of para-hydroxylation sites is 1. The Morgan fingerprint density at radius 2 is 2.00 bits per heavy atom. The lowest BCUT2D eigenvalue weighted by atomic mass is 9.98. The summed E-state index contributed by atoms with van der Waals surface area (Å²) >= 11 is 6.42. The molecule has 1 saturated carbocycles. The number of fused-ring (bicyclic) bond motifs is 2. The summed E-state index contributed by atoms with van der Waals surface area (Å²) in [5, 5.41) is 1.31. The molecule has 3 heterocycles. The van der Waals surface area contributed by atoms with Crippen LogP contribution in [0.4, 0.5) is 5.69 Å². The van der Waals surface area contributed by atoms with E-state index < -0.39 is 0 Å². The van der Waals surface area contributed by atoms with Crippen molar-refractivity contribution in [3.8, 4) is 11.1 Å². The number of aldehydes is 1. The van der Waals surface area contributed by atoms with Crippen LogP contribution in [-0.2, 0) is 11.3 Å². The SMILES string of the molecule is Cc1ccc(-c2cccc3c(N)c4c(nc23)CN(C2CC2)C4C=O)c(Cl)n1. The third kappa shape index (κ3) is 2.53. The average molecular weight is 379 g/mol. The molecule has 5 rings (SSSR count). The standard InChI is InChI=1S/C21H19ClN4O/c1-11-5-8-14(21(22)24-11)13-3-2-4-15-19(23)18-16(25-20(13)15)9-26(12-6-7-12)17(18)10-27/h2-5,8,10,12,17H,6-7,9H2,1H3,(H2,23,25). The van der Waals surface area contributed by atoms with Crippen molar-refractivity contribution in [1.82, 2.24) is 14.9 Å². The number of halogens is 1. The predicted molar refractivity (Wildman–Crippen MR) is 107 cm³/mol. The van der Waals surface area contributed by atoms with Gasteiger partial charge in [-0.1, -0.05) is 29.8 Å². The first kappa shape index (κ1) is 16.7. The van der Waals surface area contributed by atoms with Crippen LogP contribution in [0.2, 0.25) is 5.15 Å². The number of pyridine rings is 2. The highest BCUT2D eigenvalue weighted by Gasteiger charge is 2.42. The van der Waals surface area contributed by atoms with Gasteiger partial charge in [0.15, 0.2) is 0 Å². The minimum absolute atomic E-state index is 0.294. The molecule has 5 nitrogen and oxygen atoms in total. The number of aromatic nitrogens is 2. The maximum atomic E-state index is 11.8. The lowest BCUT2D eigenvalue weighted by Gasteiger charge is -2.19. The highest BCUT2D eigenvalue weighted by atomic mass is 35.5. The largest absolute Gasteiger partial charge is 0.398 e. The van der Waals surface area contributed by atoms with Crippen molar-refractivity contribution in [3.05, 3.63) is 52.4 Å². The van der Waals surface area contributed by atoms with Gasteiger partial charge < -0.3 is 10.5 Å². The van der Waals surface area contributed by atoms with Gasteiger partial charge in [0.05, 0.1) is 17.3 Å². The zero-order valence-electron chi connectivity index (χ0n) is 14.9. The molecule has 1 aliphatic carbocycles. The summed E-state index contributed by atoms with van der Waals surface area (Å²) in [5.74, 6) is 0. The smallest absolute Gasteiger partial charge is 0.141 e. The van der Waals surface area contributed by atoms with Gasteiger partial charge in [-0.3, -0.25) is 9.88 Å². The summed E-state index contributed by atoms with van der Waals surface area (Å²) in [6.07, 6.45) is 3.26. The van der Waals surface area contributed by atoms with E-state index in [9.17, 15) is 4.79 Å². The molecule has 1 fully saturated rings. The van der Waals surface area contributed by atoms with Crippen molar-refractivity contribution >= 4 is 34.5 Å². The molecule has 2 aromatic heterocycles.